The van der Waals surface area contributed by atoms with Crippen LogP contribution in [0.1, 0.15) is 11.1 Å². The Bertz CT molecular complexity index is 938. The van der Waals surface area contributed by atoms with Crippen LogP contribution in [0.25, 0.3) is 28.0 Å². The summed E-state index contributed by atoms with van der Waals surface area (Å²) >= 11 is 0. The molecule has 2 aliphatic heterocycles. The summed E-state index contributed by atoms with van der Waals surface area (Å²) in [7, 11) is 0. The molecule has 3 aromatic carbocycles. The molecule has 0 saturated carbocycles. The molecular formula is C20H14O2. The summed E-state index contributed by atoms with van der Waals surface area (Å²) in [4.78, 5) is 0. The summed E-state index contributed by atoms with van der Waals surface area (Å²) in [6.45, 7) is 1.28. The van der Waals surface area contributed by atoms with E-state index in [0.717, 1.165) is 22.4 Å². The van der Waals surface area contributed by atoms with Crippen molar-refractivity contribution in [1.82, 2.24) is 0 Å². The Hall–Kier alpha value is -2.74. The lowest BCUT2D eigenvalue weighted by Crippen LogP contribution is -2.06. The first kappa shape index (κ1) is 11.9. The van der Waals surface area contributed by atoms with Crippen molar-refractivity contribution in [3.05, 3.63) is 65.7 Å². The molecule has 2 nitrogen and oxygen atoms in total. The van der Waals surface area contributed by atoms with Gasteiger partial charge in [-0.1, -0.05) is 36.4 Å². The fraction of sp³-hybridized carbons (Fsp3) is 0.100. The molecule has 0 amide bonds. The predicted octanol–water partition coefficient (Wildman–Crippen LogP) is 4.80. The summed E-state index contributed by atoms with van der Waals surface area (Å²) in [5, 5.41) is 2.34. The topological polar surface area (TPSA) is 18.5 Å². The zero-order chi connectivity index (χ0) is 14.5. The van der Waals surface area contributed by atoms with Gasteiger partial charge in [0, 0.05) is 16.5 Å². The van der Waals surface area contributed by atoms with E-state index in [-0.39, 0.29) is 0 Å². The van der Waals surface area contributed by atoms with Crippen LogP contribution in [0, 0.1) is 0 Å². The molecule has 0 aromatic heterocycles. The standard InChI is InChI=1S/C20H14O2/c1-2-5-14-13(4-1)12-22-20-17(14)8-7-15-16-6-3-11-21-19(16)10-9-18(15)20/h1-10H,11-12H2. The molecule has 0 bridgehead atoms. The van der Waals surface area contributed by atoms with Gasteiger partial charge < -0.3 is 9.47 Å². The van der Waals surface area contributed by atoms with E-state index in [2.05, 4.69) is 54.6 Å². The van der Waals surface area contributed by atoms with Crippen LogP contribution in [0.2, 0.25) is 0 Å². The Morgan fingerprint density at radius 2 is 1.68 bits per heavy atom. The van der Waals surface area contributed by atoms with Crippen molar-refractivity contribution in [2.75, 3.05) is 6.61 Å². The fourth-order valence-electron chi connectivity index (χ4n) is 3.41. The molecule has 5 rings (SSSR count). The first-order valence-corrected chi connectivity index (χ1v) is 7.52. The largest absolute Gasteiger partial charge is 0.489 e. The summed E-state index contributed by atoms with van der Waals surface area (Å²) in [5.41, 5.74) is 4.84. The number of fused-ring (bicyclic) bond motifs is 7. The number of hydrogen-bond acceptors (Lipinski definition) is 2. The van der Waals surface area contributed by atoms with Crippen molar-refractivity contribution in [2.45, 2.75) is 6.61 Å². The SMILES string of the molecule is C1=Cc2c(ccc3c4c(ccc23)-c2ccccc2CO4)OC1. The molecule has 106 valence electrons. The van der Waals surface area contributed by atoms with Gasteiger partial charge in [0.1, 0.15) is 24.7 Å². The van der Waals surface area contributed by atoms with Crippen molar-refractivity contribution < 1.29 is 9.47 Å². The Morgan fingerprint density at radius 1 is 0.773 bits per heavy atom. The normalized spacial score (nSPS) is 14.5. The zero-order valence-electron chi connectivity index (χ0n) is 12.0. The van der Waals surface area contributed by atoms with Gasteiger partial charge in [0.05, 0.1) is 0 Å². The average Bonchev–Trinajstić information content (AvgIpc) is 2.60. The zero-order valence-corrected chi connectivity index (χ0v) is 12.0. The van der Waals surface area contributed by atoms with E-state index in [1.807, 2.05) is 6.07 Å². The number of hydrogen-bond donors (Lipinski definition) is 0. The highest BCUT2D eigenvalue weighted by Crippen LogP contribution is 2.44. The summed E-state index contributed by atoms with van der Waals surface area (Å²) in [5.74, 6) is 1.93. The minimum absolute atomic E-state index is 0.631. The predicted molar refractivity (Wildman–Crippen MR) is 88.2 cm³/mol. The van der Waals surface area contributed by atoms with Crippen molar-refractivity contribution in [3.63, 3.8) is 0 Å². The molecular weight excluding hydrogens is 272 g/mol. The van der Waals surface area contributed by atoms with Gasteiger partial charge in [0.15, 0.2) is 0 Å². The quantitative estimate of drug-likeness (QED) is 0.590. The Balaban J connectivity index is 1.84. The van der Waals surface area contributed by atoms with E-state index in [1.54, 1.807) is 0 Å². The number of rotatable bonds is 0. The summed E-state index contributed by atoms with van der Waals surface area (Å²) in [6.07, 6.45) is 4.20. The maximum atomic E-state index is 6.09. The highest BCUT2D eigenvalue weighted by molar-refractivity contribution is 6.01. The monoisotopic (exact) mass is 286 g/mol. The van der Waals surface area contributed by atoms with Gasteiger partial charge in [-0.05, 0) is 40.8 Å². The first-order valence-electron chi connectivity index (χ1n) is 7.52. The highest BCUT2D eigenvalue weighted by Gasteiger charge is 2.21. The van der Waals surface area contributed by atoms with E-state index >= 15 is 0 Å². The summed E-state index contributed by atoms with van der Waals surface area (Å²) in [6, 6.07) is 16.9. The molecule has 2 aliphatic rings. The van der Waals surface area contributed by atoms with E-state index in [4.69, 9.17) is 9.47 Å². The van der Waals surface area contributed by atoms with Crippen molar-refractivity contribution in [3.8, 4) is 22.6 Å². The molecule has 22 heavy (non-hydrogen) atoms. The van der Waals surface area contributed by atoms with E-state index in [0.29, 0.717) is 13.2 Å². The second kappa shape index (κ2) is 4.38. The molecule has 0 fully saturated rings. The second-order valence-corrected chi connectivity index (χ2v) is 5.67. The van der Waals surface area contributed by atoms with Gasteiger partial charge in [-0.3, -0.25) is 0 Å². The van der Waals surface area contributed by atoms with Crippen molar-refractivity contribution in [1.29, 1.82) is 0 Å². The van der Waals surface area contributed by atoms with Crippen LogP contribution in [0.15, 0.2) is 54.6 Å². The van der Waals surface area contributed by atoms with Crippen LogP contribution in [-0.4, -0.2) is 6.61 Å². The molecule has 2 heteroatoms. The minimum atomic E-state index is 0.631. The molecule has 0 atom stereocenters. The lowest BCUT2D eigenvalue weighted by atomic mass is 9.92. The minimum Gasteiger partial charge on any atom is -0.489 e. The Labute approximate surface area is 128 Å². The molecule has 0 saturated heterocycles. The number of benzene rings is 3. The fourth-order valence-corrected chi connectivity index (χ4v) is 3.41. The van der Waals surface area contributed by atoms with Crippen LogP contribution in [0.3, 0.4) is 0 Å². The molecule has 2 heterocycles. The number of ether oxygens (including phenoxy) is 2. The van der Waals surface area contributed by atoms with Gasteiger partial charge in [0.25, 0.3) is 0 Å². The first-order chi connectivity index (χ1) is 10.9. The van der Waals surface area contributed by atoms with E-state index in [9.17, 15) is 0 Å². The van der Waals surface area contributed by atoms with Gasteiger partial charge in [0.2, 0.25) is 0 Å². The van der Waals surface area contributed by atoms with E-state index < -0.39 is 0 Å². The molecule has 3 aromatic rings. The lowest BCUT2D eigenvalue weighted by Gasteiger charge is -2.23. The Morgan fingerprint density at radius 3 is 2.68 bits per heavy atom. The summed E-state index contributed by atoms with van der Waals surface area (Å²) < 4.78 is 11.8. The van der Waals surface area contributed by atoms with Gasteiger partial charge in [-0.2, -0.15) is 0 Å². The van der Waals surface area contributed by atoms with Crippen LogP contribution in [0.5, 0.6) is 11.5 Å². The van der Waals surface area contributed by atoms with Crippen LogP contribution < -0.4 is 9.47 Å². The molecule has 0 radical (unpaired) electrons. The van der Waals surface area contributed by atoms with Gasteiger partial charge in [-0.15, -0.1) is 0 Å². The lowest BCUT2D eigenvalue weighted by molar-refractivity contribution is 0.306. The van der Waals surface area contributed by atoms with Crippen LogP contribution in [0.4, 0.5) is 0 Å². The van der Waals surface area contributed by atoms with Gasteiger partial charge >= 0.3 is 0 Å². The average molecular weight is 286 g/mol. The third-order valence-electron chi connectivity index (χ3n) is 4.45. The van der Waals surface area contributed by atoms with Crippen molar-refractivity contribution in [2.24, 2.45) is 0 Å². The second-order valence-electron chi connectivity index (χ2n) is 5.67. The van der Waals surface area contributed by atoms with Crippen molar-refractivity contribution >= 4 is 16.8 Å². The van der Waals surface area contributed by atoms with Crippen LogP contribution >= 0.6 is 0 Å². The maximum Gasteiger partial charge on any atom is 0.135 e. The van der Waals surface area contributed by atoms with E-state index in [1.165, 1.54) is 22.1 Å². The molecule has 0 aliphatic carbocycles. The maximum absolute atomic E-state index is 6.09. The molecule has 0 unspecified atom stereocenters. The highest BCUT2D eigenvalue weighted by atomic mass is 16.5. The third kappa shape index (κ3) is 1.55. The Kier molecular flexibility index (Phi) is 2.36. The third-order valence-corrected chi connectivity index (χ3v) is 4.45. The molecule has 0 N–H and O–H groups in total. The molecule has 0 spiro atoms. The smallest absolute Gasteiger partial charge is 0.135 e. The van der Waals surface area contributed by atoms with Gasteiger partial charge in [-0.25, -0.2) is 0 Å². The van der Waals surface area contributed by atoms with Crippen LogP contribution in [-0.2, 0) is 6.61 Å².